The number of rotatable bonds is 6. The van der Waals surface area contributed by atoms with Crippen molar-refractivity contribution in [3.05, 3.63) is 112 Å². The van der Waals surface area contributed by atoms with Gasteiger partial charge in [0.25, 0.3) is 0 Å². The molecule has 7 rings (SSSR count). The molecule has 1 fully saturated rings. The molecule has 0 radical (unpaired) electrons. The molecular formula is C40H38O8. The summed E-state index contributed by atoms with van der Waals surface area (Å²) in [5, 5.41) is 43.0. The Morgan fingerprint density at radius 2 is 1.35 bits per heavy atom. The number of phenols is 4. The fourth-order valence-corrected chi connectivity index (χ4v) is 7.78. The van der Waals surface area contributed by atoms with Crippen LogP contribution in [0.3, 0.4) is 0 Å². The number of hydrogen-bond donors (Lipinski definition) is 4. The summed E-state index contributed by atoms with van der Waals surface area (Å²) in [6.45, 7) is 5.97. The van der Waals surface area contributed by atoms with Crippen molar-refractivity contribution < 1.29 is 39.5 Å². The Labute approximate surface area is 278 Å². The van der Waals surface area contributed by atoms with Crippen molar-refractivity contribution >= 4 is 17.6 Å². The van der Waals surface area contributed by atoms with E-state index in [4.69, 9.17) is 9.47 Å². The molecule has 4 atom stereocenters. The Bertz CT molecular complexity index is 1960. The number of benzene rings is 4. The van der Waals surface area contributed by atoms with Crippen LogP contribution in [0.15, 0.2) is 78.9 Å². The maximum atomic E-state index is 14.8. The molecule has 8 nitrogen and oxygen atoms in total. The van der Waals surface area contributed by atoms with Gasteiger partial charge in [-0.05, 0) is 118 Å². The third-order valence-corrected chi connectivity index (χ3v) is 10.2. The summed E-state index contributed by atoms with van der Waals surface area (Å²) in [6, 6.07) is 19.7. The molecule has 48 heavy (non-hydrogen) atoms. The number of allylic oxidation sites excluding steroid dienone is 1. The highest BCUT2D eigenvalue weighted by atomic mass is 16.5. The molecular weight excluding hydrogens is 608 g/mol. The lowest BCUT2D eigenvalue weighted by molar-refractivity contribution is -0.00749. The second kappa shape index (κ2) is 11.5. The largest absolute Gasteiger partial charge is 0.508 e. The van der Waals surface area contributed by atoms with Gasteiger partial charge in [0, 0.05) is 23.0 Å². The topological polar surface area (TPSA) is 134 Å². The molecule has 2 heterocycles. The first kappa shape index (κ1) is 31.4. The summed E-state index contributed by atoms with van der Waals surface area (Å²) in [4.78, 5) is 28.3. The van der Waals surface area contributed by atoms with Crippen molar-refractivity contribution in [1.82, 2.24) is 0 Å². The SMILES string of the molecule is CC1(C)CCc2c(ccc(C(=O)C3C(c4ccc(O)cc4)CC4(C)CC3c3c(ccc(C(=O)/C=C/c5ccc(O)cc5)c3O)O4)c2O)O1. The molecule has 0 spiro atoms. The van der Waals surface area contributed by atoms with E-state index in [9.17, 15) is 30.0 Å². The molecule has 1 saturated carbocycles. The Hall–Kier alpha value is -5.24. The van der Waals surface area contributed by atoms with Crippen molar-refractivity contribution in [2.75, 3.05) is 0 Å². The van der Waals surface area contributed by atoms with Crippen molar-refractivity contribution in [2.45, 2.75) is 69.5 Å². The predicted octanol–water partition coefficient (Wildman–Crippen LogP) is 7.82. The number of ketones is 2. The highest BCUT2D eigenvalue weighted by Crippen LogP contribution is 2.60. The zero-order chi connectivity index (χ0) is 34.0. The standard InChI is InChI=1S/C40H38O8/c1-39(2)19-18-27-32(47-39)16-14-28(36(27)44)38(46)34-29(23-7-11-25(42)12-8-23)20-40(3)21-30(34)35-33(48-40)17-13-26(37(35)45)31(43)15-6-22-4-9-24(41)10-5-22/h4-17,29-30,34,41-42,44-45H,18-21H2,1-3H3/b15-6+. The number of ether oxygens (including phenoxy) is 2. The van der Waals surface area contributed by atoms with Gasteiger partial charge in [0.1, 0.15) is 45.7 Å². The minimum atomic E-state index is -0.737. The lowest BCUT2D eigenvalue weighted by atomic mass is 9.59. The van der Waals surface area contributed by atoms with Crippen LogP contribution in [-0.2, 0) is 6.42 Å². The third-order valence-electron chi connectivity index (χ3n) is 10.2. The number of hydrogen-bond acceptors (Lipinski definition) is 8. The van der Waals surface area contributed by atoms with Gasteiger partial charge < -0.3 is 29.9 Å². The van der Waals surface area contributed by atoms with Crippen LogP contribution in [-0.4, -0.2) is 43.2 Å². The number of phenolic OH excluding ortho intramolecular Hbond substituents is 4. The van der Waals surface area contributed by atoms with Gasteiger partial charge >= 0.3 is 0 Å². The minimum Gasteiger partial charge on any atom is -0.508 e. The average Bonchev–Trinajstić information content (AvgIpc) is 3.03. The van der Waals surface area contributed by atoms with Gasteiger partial charge in [0.15, 0.2) is 11.6 Å². The quantitative estimate of drug-likeness (QED) is 0.123. The maximum Gasteiger partial charge on any atom is 0.189 e. The first-order valence-corrected chi connectivity index (χ1v) is 16.3. The minimum absolute atomic E-state index is 0.0744. The molecule has 8 heteroatoms. The van der Waals surface area contributed by atoms with Gasteiger partial charge in [0.2, 0.25) is 0 Å². The summed E-state index contributed by atoms with van der Waals surface area (Å²) >= 11 is 0. The van der Waals surface area contributed by atoms with Crippen LogP contribution in [0.25, 0.3) is 6.08 Å². The van der Waals surface area contributed by atoms with Crippen LogP contribution in [0.4, 0.5) is 0 Å². The van der Waals surface area contributed by atoms with Crippen LogP contribution >= 0.6 is 0 Å². The molecule has 0 amide bonds. The summed E-state index contributed by atoms with van der Waals surface area (Å²) in [5.41, 5.74) is 1.69. The fourth-order valence-electron chi connectivity index (χ4n) is 7.78. The van der Waals surface area contributed by atoms with Gasteiger partial charge in [-0.1, -0.05) is 30.3 Å². The Balaban J connectivity index is 1.33. The zero-order valence-corrected chi connectivity index (χ0v) is 27.1. The summed E-state index contributed by atoms with van der Waals surface area (Å²) < 4.78 is 12.7. The molecule has 246 valence electrons. The number of fused-ring (bicyclic) bond motifs is 5. The Kier molecular flexibility index (Phi) is 7.50. The van der Waals surface area contributed by atoms with Crippen LogP contribution in [0.2, 0.25) is 0 Å². The van der Waals surface area contributed by atoms with E-state index in [-0.39, 0.29) is 45.5 Å². The number of carbonyl (C=O) groups excluding carboxylic acids is 2. The van der Waals surface area contributed by atoms with Crippen LogP contribution in [0.5, 0.6) is 34.5 Å². The predicted molar refractivity (Wildman–Crippen MR) is 180 cm³/mol. The van der Waals surface area contributed by atoms with Crippen LogP contribution in [0.1, 0.15) is 94.8 Å². The zero-order valence-electron chi connectivity index (χ0n) is 27.1. The van der Waals surface area contributed by atoms with E-state index in [0.29, 0.717) is 53.9 Å². The van der Waals surface area contributed by atoms with E-state index in [1.54, 1.807) is 60.7 Å². The van der Waals surface area contributed by atoms with E-state index in [0.717, 1.165) is 5.56 Å². The fraction of sp³-hybridized carbons (Fsp3) is 0.300. The molecule has 4 aromatic carbocycles. The van der Waals surface area contributed by atoms with Crippen LogP contribution < -0.4 is 9.47 Å². The van der Waals surface area contributed by atoms with E-state index < -0.39 is 29.1 Å². The van der Waals surface area contributed by atoms with E-state index in [2.05, 4.69) is 0 Å². The molecule has 4 unspecified atom stereocenters. The first-order chi connectivity index (χ1) is 22.8. The van der Waals surface area contributed by atoms with Crippen molar-refractivity contribution in [3.63, 3.8) is 0 Å². The highest BCUT2D eigenvalue weighted by molar-refractivity contribution is 6.09. The average molecular weight is 647 g/mol. The number of Topliss-reactive ketones (excluding diaryl/α,β-unsaturated/α-hetero) is 1. The summed E-state index contributed by atoms with van der Waals surface area (Å²) in [7, 11) is 0. The second-order valence-electron chi connectivity index (χ2n) is 14.1. The van der Waals surface area contributed by atoms with E-state index in [1.807, 2.05) is 20.8 Å². The molecule has 1 aliphatic carbocycles. The normalized spacial score (nSPS) is 23.8. The van der Waals surface area contributed by atoms with Gasteiger partial charge in [-0.3, -0.25) is 9.59 Å². The Morgan fingerprint density at radius 3 is 2.06 bits per heavy atom. The van der Waals surface area contributed by atoms with Crippen molar-refractivity contribution in [1.29, 1.82) is 0 Å². The lowest BCUT2D eigenvalue weighted by Gasteiger charge is -2.51. The van der Waals surface area contributed by atoms with Gasteiger partial charge in [0.05, 0.1) is 11.1 Å². The lowest BCUT2D eigenvalue weighted by Crippen LogP contribution is -2.49. The first-order valence-electron chi connectivity index (χ1n) is 16.3. The van der Waals surface area contributed by atoms with E-state index in [1.165, 1.54) is 24.3 Å². The van der Waals surface area contributed by atoms with E-state index >= 15 is 0 Å². The molecule has 4 aromatic rings. The molecule has 2 aliphatic heterocycles. The molecule has 0 saturated heterocycles. The summed E-state index contributed by atoms with van der Waals surface area (Å²) in [5.74, 6) is -1.54. The molecule has 4 N–H and O–H groups in total. The van der Waals surface area contributed by atoms with Gasteiger partial charge in [-0.25, -0.2) is 0 Å². The number of aromatic hydroxyl groups is 4. The van der Waals surface area contributed by atoms with Crippen LogP contribution in [0, 0.1) is 5.92 Å². The third kappa shape index (κ3) is 5.55. The molecule has 3 aliphatic rings. The van der Waals surface area contributed by atoms with Crippen molar-refractivity contribution in [2.24, 2.45) is 5.92 Å². The molecule has 0 aromatic heterocycles. The molecule has 2 bridgehead atoms. The monoisotopic (exact) mass is 646 g/mol. The Morgan fingerprint density at radius 1 is 0.729 bits per heavy atom. The maximum absolute atomic E-state index is 14.8. The number of carbonyl (C=O) groups is 2. The smallest absolute Gasteiger partial charge is 0.189 e. The van der Waals surface area contributed by atoms with Crippen molar-refractivity contribution in [3.8, 4) is 34.5 Å². The second-order valence-corrected chi connectivity index (χ2v) is 14.1. The summed E-state index contributed by atoms with van der Waals surface area (Å²) in [6.07, 6.45) is 5.09. The van der Waals surface area contributed by atoms with Gasteiger partial charge in [-0.2, -0.15) is 0 Å². The highest BCUT2D eigenvalue weighted by Gasteiger charge is 2.54. The van der Waals surface area contributed by atoms with Gasteiger partial charge in [-0.15, -0.1) is 0 Å².